The summed E-state index contributed by atoms with van der Waals surface area (Å²) in [6.07, 6.45) is -2.21. The lowest BCUT2D eigenvalue weighted by Crippen LogP contribution is -2.43. The van der Waals surface area contributed by atoms with Crippen molar-refractivity contribution in [3.63, 3.8) is 0 Å². The number of halogens is 3. The molecule has 0 unspecified atom stereocenters. The lowest BCUT2D eigenvalue weighted by Gasteiger charge is -2.35. The number of nitriles is 1. The van der Waals surface area contributed by atoms with Gasteiger partial charge in [0.1, 0.15) is 28.9 Å². The maximum absolute atomic E-state index is 14.1. The molecular weight excluding hydrogens is 569 g/mol. The van der Waals surface area contributed by atoms with Gasteiger partial charge in [0.2, 0.25) is 5.91 Å². The van der Waals surface area contributed by atoms with E-state index >= 15 is 0 Å². The number of piperazine rings is 1. The van der Waals surface area contributed by atoms with E-state index in [-0.39, 0.29) is 30.4 Å². The Balaban J connectivity index is 1.20. The van der Waals surface area contributed by atoms with Crippen LogP contribution in [0.3, 0.4) is 0 Å². The van der Waals surface area contributed by atoms with Crippen LogP contribution in [-0.4, -0.2) is 58.4 Å². The number of hydrogen-bond acceptors (Lipinski definition) is 6. The summed E-state index contributed by atoms with van der Waals surface area (Å²) in [7, 11) is 0. The predicted octanol–water partition coefficient (Wildman–Crippen LogP) is 5.73. The number of ether oxygens (including phenoxy) is 1. The summed E-state index contributed by atoms with van der Waals surface area (Å²) in [6, 6.07) is 15.6. The van der Waals surface area contributed by atoms with Gasteiger partial charge >= 0.3 is 6.18 Å². The second-order valence-electron chi connectivity index (χ2n) is 11.4. The first-order valence-corrected chi connectivity index (χ1v) is 14.8. The van der Waals surface area contributed by atoms with E-state index in [1.165, 1.54) is 6.07 Å². The SMILES string of the molecule is CC[C@@H]1CN(C(=O)Cc2ccc(CN3CCNCC3)c(C(F)(F)F)c2)Cc2cc(Oc3ccnc4[nH]c(C#N)cc34)ccc21. The van der Waals surface area contributed by atoms with Crippen LogP contribution in [0.4, 0.5) is 13.2 Å². The van der Waals surface area contributed by atoms with Gasteiger partial charge in [-0.25, -0.2) is 4.98 Å². The number of aromatic nitrogens is 2. The van der Waals surface area contributed by atoms with Crippen LogP contribution >= 0.6 is 0 Å². The molecule has 2 aromatic heterocycles. The summed E-state index contributed by atoms with van der Waals surface area (Å²) in [5.74, 6) is 1.01. The molecule has 0 saturated carbocycles. The summed E-state index contributed by atoms with van der Waals surface area (Å²) in [5.41, 5.74) is 2.91. The van der Waals surface area contributed by atoms with Crippen LogP contribution in [0.25, 0.3) is 11.0 Å². The third-order valence-electron chi connectivity index (χ3n) is 8.48. The molecule has 2 aliphatic rings. The smallest absolute Gasteiger partial charge is 0.416 e. The van der Waals surface area contributed by atoms with Crippen molar-refractivity contribution in [2.75, 3.05) is 32.7 Å². The molecule has 0 aliphatic carbocycles. The zero-order valence-corrected chi connectivity index (χ0v) is 24.4. The van der Waals surface area contributed by atoms with Crippen LogP contribution in [0.5, 0.6) is 11.5 Å². The van der Waals surface area contributed by atoms with Crippen molar-refractivity contribution in [1.82, 2.24) is 25.1 Å². The Kier molecular flexibility index (Phi) is 8.29. The van der Waals surface area contributed by atoms with Gasteiger partial charge in [-0.15, -0.1) is 0 Å². The normalized spacial score (nSPS) is 17.3. The molecule has 2 N–H and O–H groups in total. The minimum atomic E-state index is -4.51. The van der Waals surface area contributed by atoms with E-state index in [0.29, 0.717) is 60.0 Å². The molecule has 6 rings (SSSR count). The van der Waals surface area contributed by atoms with Crippen molar-refractivity contribution in [1.29, 1.82) is 5.26 Å². The molecule has 2 aromatic carbocycles. The van der Waals surface area contributed by atoms with Gasteiger partial charge < -0.3 is 19.9 Å². The molecule has 11 heteroatoms. The molecule has 4 heterocycles. The number of rotatable bonds is 7. The number of nitrogens with one attached hydrogen (secondary N) is 2. The first kappa shape index (κ1) is 29.7. The summed E-state index contributed by atoms with van der Waals surface area (Å²) >= 11 is 0. The van der Waals surface area contributed by atoms with E-state index in [1.807, 2.05) is 23.1 Å². The highest BCUT2D eigenvalue weighted by atomic mass is 19.4. The number of fused-ring (bicyclic) bond motifs is 2. The average molecular weight is 603 g/mol. The van der Waals surface area contributed by atoms with Gasteiger partial charge in [0.05, 0.1) is 17.4 Å². The number of pyridine rings is 1. The molecule has 2 aliphatic heterocycles. The van der Waals surface area contributed by atoms with Crippen molar-refractivity contribution < 1.29 is 22.7 Å². The number of carbonyl (C=O) groups is 1. The average Bonchev–Trinajstić information content (AvgIpc) is 3.46. The molecule has 4 aromatic rings. The van der Waals surface area contributed by atoms with Crippen LogP contribution in [0.1, 0.15) is 52.8 Å². The van der Waals surface area contributed by atoms with Gasteiger partial charge in [-0.05, 0) is 59.0 Å². The number of benzene rings is 2. The zero-order chi connectivity index (χ0) is 30.8. The largest absolute Gasteiger partial charge is 0.457 e. The Morgan fingerprint density at radius 2 is 1.95 bits per heavy atom. The van der Waals surface area contributed by atoms with E-state index < -0.39 is 11.7 Å². The van der Waals surface area contributed by atoms with E-state index in [1.54, 1.807) is 29.3 Å². The fourth-order valence-corrected chi connectivity index (χ4v) is 6.17. The molecule has 1 fully saturated rings. The van der Waals surface area contributed by atoms with E-state index in [2.05, 4.69) is 28.3 Å². The first-order valence-electron chi connectivity index (χ1n) is 14.8. The van der Waals surface area contributed by atoms with Crippen LogP contribution in [0.2, 0.25) is 0 Å². The highest BCUT2D eigenvalue weighted by Gasteiger charge is 2.35. The number of carbonyl (C=O) groups excluding carboxylic acids is 1. The van der Waals surface area contributed by atoms with Crippen LogP contribution < -0.4 is 10.1 Å². The number of aromatic amines is 1. The lowest BCUT2D eigenvalue weighted by atomic mass is 9.87. The summed E-state index contributed by atoms with van der Waals surface area (Å²) in [5, 5.41) is 13.1. The second-order valence-corrected chi connectivity index (χ2v) is 11.4. The standard InChI is InChI=1S/C33H33F3N6O2/c1-2-22-19-42(31(43)14-21-3-4-23(29(13-21)33(34,35)36)18-41-11-9-38-10-12-41)20-24-15-26(5-6-27(22)24)44-30-7-8-39-32-28(30)16-25(17-37)40-32/h3-8,13,15-16,22,38H,2,9-12,14,18-20H2,1H3,(H,39,40)/t22-/m1/s1. The minimum Gasteiger partial charge on any atom is -0.457 e. The maximum atomic E-state index is 14.1. The number of H-pyrrole nitrogens is 1. The molecule has 1 atom stereocenters. The van der Waals surface area contributed by atoms with Crippen LogP contribution in [-0.2, 0) is 30.5 Å². The highest BCUT2D eigenvalue weighted by Crippen LogP contribution is 2.37. The molecule has 0 spiro atoms. The Morgan fingerprint density at radius 1 is 1.14 bits per heavy atom. The van der Waals surface area contributed by atoms with Crippen LogP contribution in [0.15, 0.2) is 54.7 Å². The Labute approximate surface area is 253 Å². The maximum Gasteiger partial charge on any atom is 0.416 e. The molecule has 1 amide bonds. The highest BCUT2D eigenvalue weighted by molar-refractivity contribution is 5.84. The molecule has 1 saturated heterocycles. The second kappa shape index (κ2) is 12.3. The first-order chi connectivity index (χ1) is 21.2. The summed E-state index contributed by atoms with van der Waals surface area (Å²) in [6.45, 7) is 6.02. The fraction of sp³-hybridized carbons (Fsp3) is 0.364. The van der Waals surface area contributed by atoms with E-state index in [4.69, 9.17) is 4.74 Å². The molecule has 44 heavy (non-hydrogen) atoms. The number of nitrogens with zero attached hydrogens (tertiary/aromatic N) is 4. The third-order valence-corrected chi connectivity index (χ3v) is 8.48. The summed E-state index contributed by atoms with van der Waals surface area (Å²) < 4.78 is 48.4. The quantitative estimate of drug-likeness (QED) is 0.281. The molecule has 228 valence electrons. The van der Waals surface area contributed by atoms with Crippen molar-refractivity contribution in [3.05, 3.63) is 88.2 Å². The molecule has 0 radical (unpaired) electrons. The molecular formula is C33H33F3N6O2. The third kappa shape index (κ3) is 6.27. The monoisotopic (exact) mass is 602 g/mol. The van der Waals surface area contributed by atoms with Crippen molar-refractivity contribution in [3.8, 4) is 17.6 Å². The van der Waals surface area contributed by atoms with Gasteiger partial charge in [-0.1, -0.05) is 25.1 Å². The number of alkyl halides is 3. The Bertz CT molecular complexity index is 1720. The van der Waals surface area contributed by atoms with Crippen LogP contribution in [0, 0.1) is 11.3 Å². The van der Waals surface area contributed by atoms with Gasteiger partial charge in [0, 0.05) is 57.9 Å². The van der Waals surface area contributed by atoms with Gasteiger partial charge in [-0.2, -0.15) is 18.4 Å². The van der Waals surface area contributed by atoms with Gasteiger partial charge in [-0.3, -0.25) is 9.69 Å². The minimum absolute atomic E-state index is 0.0967. The van der Waals surface area contributed by atoms with Gasteiger partial charge in [0.25, 0.3) is 0 Å². The Hall–Kier alpha value is -4.40. The van der Waals surface area contributed by atoms with E-state index in [0.717, 1.165) is 36.7 Å². The molecule has 8 nitrogen and oxygen atoms in total. The fourth-order valence-electron chi connectivity index (χ4n) is 6.17. The number of amides is 1. The van der Waals surface area contributed by atoms with Gasteiger partial charge in [0.15, 0.2) is 0 Å². The predicted molar refractivity (Wildman–Crippen MR) is 159 cm³/mol. The van der Waals surface area contributed by atoms with Crippen molar-refractivity contribution in [2.45, 2.75) is 44.9 Å². The number of hydrogen-bond donors (Lipinski definition) is 2. The van der Waals surface area contributed by atoms with Crippen molar-refractivity contribution in [2.24, 2.45) is 0 Å². The Morgan fingerprint density at radius 3 is 2.70 bits per heavy atom. The molecule has 0 bridgehead atoms. The topological polar surface area (TPSA) is 97.3 Å². The summed E-state index contributed by atoms with van der Waals surface area (Å²) in [4.78, 5) is 24.5. The zero-order valence-electron chi connectivity index (χ0n) is 24.4. The van der Waals surface area contributed by atoms with Crippen molar-refractivity contribution >= 4 is 16.9 Å². The van der Waals surface area contributed by atoms with E-state index in [9.17, 15) is 23.2 Å². The lowest BCUT2D eigenvalue weighted by molar-refractivity contribution is -0.138.